The molecule has 7 heteroatoms. The maximum absolute atomic E-state index is 11.1. The number of hydrogen-bond donors (Lipinski definition) is 3. The normalized spacial score (nSPS) is 15.6. The minimum Gasteiger partial charge on any atom is -0.480 e. The van der Waals surface area contributed by atoms with Gasteiger partial charge in [0.15, 0.2) is 0 Å². The van der Waals surface area contributed by atoms with Gasteiger partial charge in [0.25, 0.3) is 5.24 Å². The summed E-state index contributed by atoms with van der Waals surface area (Å²) < 4.78 is 20.2. The van der Waals surface area contributed by atoms with E-state index in [9.17, 15) is 14.4 Å². The van der Waals surface area contributed by atoms with Crippen molar-refractivity contribution in [2.45, 2.75) is 13.0 Å². The number of carbonyl (C=O) groups excluding carboxylic acids is 2. The van der Waals surface area contributed by atoms with E-state index in [1.807, 2.05) is 0 Å². The second-order valence-electron chi connectivity index (χ2n) is 2.31. The molecule has 0 aliphatic heterocycles. The Bertz CT molecular complexity index is 321. The quantitative estimate of drug-likeness (QED) is 0.605. The Morgan fingerprint density at radius 3 is 2.64 bits per heavy atom. The fourth-order valence-corrected chi connectivity index (χ4v) is 1.23. The van der Waals surface area contributed by atoms with Crippen molar-refractivity contribution in [2.24, 2.45) is 0 Å². The minimum atomic E-state index is -2.61. The second-order valence-corrected chi connectivity index (χ2v) is 3.31. The van der Waals surface area contributed by atoms with Crippen molar-refractivity contribution >= 4 is 28.9 Å². The number of carbonyl (C=O) groups is 3. The highest BCUT2D eigenvalue weighted by Gasteiger charge is 2.19. The highest BCUT2D eigenvalue weighted by atomic mass is 32.2. The van der Waals surface area contributed by atoms with E-state index >= 15 is 0 Å². The van der Waals surface area contributed by atoms with Crippen LogP contribution in [0.15, 0.2) is 0 Å². The molecule has 0 aromatic carbocycles. The summed E-state index contributed by atoms with van der Waals surface area (Å²) in [4.78, 5) is 32.4. The molecule has 3 N–H and O–H groups in total. The van der Waals surface area contributed by atoms with Gasteiger partial charge in [0.1, 0.15) is 6.04 Å². The standard InChI is InChI=1S/C7H12N2O4S/c1-4(10)9-5(6(11)12)3-14-7(13)8-2/h5H,3H2,1-2H3,(H,8,13)(H,9,10)(H,11,12)/t5-/m0/s1/i2D3. The molecule has 0 aliphatic rings. The molecule has 2 amide bonds. The topological polar surface area (TPSA) is 95.5 Å². The molecule has 80 valence electrons. The van der Waals surface area contributed by atoms with Crippen LogP contribution in [0, 0.1) is 0 Å². The molecule has 0 unspecified atom stereocenters. The number of carboxylic acid groups (broad SMARTS) is 1. The van der Waals surface area contributed by atoms with E-state index in [1.54, 1.807) is 5.32 Å². The Labute approximate surface area is 89.6 Å². The van der Waals surface area contributed by atoms with E-state index in [-0.39, 0.29) is 5.75 Å². The van der Waals surface area contributed by atoms with Gasteiger partial charge in [-0.3, -0.25) is 9.59 Å². The SMILES string of the molecule is [2H]C([2H])([2H])NC(=O)SC[C@H](NC(C)=O)C(=O)O. The maximum Gasteiger partial charge on any atom is 0.327 e. The molecule has 6 nitrogen and oxygen atoms in total. The predicted octanol–water partition coefficient (Wildman–Crippen LogP) is -0.352. The van der Waals surface area contributed by atoms with E-state index in [0.29, 0.717) is 11.8 Å². The highest BCUT2D eigenvalue weighted by Crippen LogP contribution is 2.03. The molecule has 14 heavy (non-hydrogen) atoms. The largest absolute Gasteiger partial charge is 0.480 e. The molecule has 0 aromatic heterocycles. The zero-order valence-electron chi connectivity index (χ0n) is 10.4. The summed E-state index contributed by atoms with van der Waals surface area (Å²) in [6.45, 7) is -1.47. The van der Waals surface area contributed by atoms with E-state index in [0.717, 1.165) is 6.92 Å². The fraction of sp³-hybridized carbons (Fsp3) is 0.571. The van der Waals surface area contributed by atoms with E-state index in [2.05, 4.69) is 5.32 Å². The second kappa shape index (κ2) is 6.25. The van der Waals surface area contributed by atoms with Gasteiger partial charge < -0.3 is 15.7 Å². The molecule has 0 aromatic rings. The monoisotopic (exact) mass is 223 g/mol. The number of carboxylic acids is 1. The van der Waals surface area contributed by atoms with E-state index in [1.165, 1.54) is 0 Å². The van der Waals surface area contributed by atoms with Gasteiger partial charge in [-0.05, 0) is 0 Å². The molecule has 0 spiro atoms. The Morgan fingerprint density at radius 2 is 2.21 bits per heavy atom. The zero-order chi connectivity index (χ0) is 13.6. The zero-order valence-corrected chi connectivity index (χ0v) is 8.18. The summed E-state index contributed by atoms with van der Waals surface area (Å²) >= 11 is 0.476. The number of thioether (sulfide) groups is 1. The molecular weight excluding hydrogens is 208 g/mol. The third-order valence-corrected chi connectivity index (χ3v) is 2.02. The van der Waals surface area contributed by atoms with Gasteiger partial charge in [-0.2, -0.15) is 0 Å². The van der Waals surface area contributed by atoms with Crippen molar-refractivity contribution in [3.63, 3.8) is 0 Å². The van der Waals surface area contributed by atoms with Crippen molar-refractivity contribution in [3.05, 3.63) is 0 Å². The summed E-state index contributed by atoms with van der Waals surface area (Å²) in [5.41, 5.74) is 0. The molecule has 0 radical (unpaired) electrons. The molecule has 0 fully saturated rings. The summed E-state index contributed by atoms with van der Waals surface area (Å²) in [7, 11) is 0. The van der Waals surface area contributed by atoms with Gasteiger partial charge in [0.05, 0.1) is 0 Å². The molecular formula is C7H12N2O4S. The molecule has 0 bridgehead atoms. The van der Waals surface area contributed by atoms with Crippen LogP contribution in [0.3, 0.4) is 0 Å². The van der Waals surface area contributed by atoms with Crippen LogP contribution >= 0.6 is 11.8 Å². The third-order valence-electron chi connectivity index (χ3n) is 1.16. The lowest BCUT2D eigenvalue weighted by atomic mass is 10.3. The van der Waals surface area contributed by atoms with Crippen molar-refractivity contribution in [3.8, 4) is 0 Å². The van der Waals surface area contributed by atoms with Crippen LogP contribution in [-0.4, -0.2) is 41.0 Å². The fourth-order valence-electron chi connectivity index (χ4n) is 0.615. The van der Waals surface area contributed by atoms with Crippen molar-refractivity contribution in [2.75, 3.05) is 12.7 Å². The summed E-state index contributed by atoms with van der Waals surface area (Å²) in [5, 5.41) is 11.6. The average molecular weight is 223 g/mol. The lowest BCUT2D eigenvalue weighted by Gasteiger charge is -2.11. The van der Waals surface area contributed by atoms with Crippen LogP contribution in [0.2, 0.25) is 0 Å². The maximum atomic E-state index is 11.1. The summed E-state index contributed by atoms with van der Waals surface area (Å²) in [5.74, 6) is -2.10. The van der Waals surface area contributed by atoms with Gasteiger partial charge >= 0.3 is 5.97 Å². The molecule has 0 rings (SSSR count). The summed E-state index contributed by atoms with van der Waals surface area (Å²) in [6, 6.07) is -1.24. The van der Waals surface area contributed by atoms with Gasteiger partial charge in [-0.15, -0.1) is 0 Å². The Kier molecular flexibility index (Phi) is 3.62. The Hall–Kier alpha value is -1.24. The lowest BCUT2D eigenvalue weighted by molar-refractivity contribution is -0.140. The first-order chi connectivity index (χ1) is 7.61. The summed E-state index contributed by atoms with van der Waals surface area (Å²) in [6.07, 6.45) is 0. The van der Waals surface area contributed by atoms with Crippen LogP contribution in [0.25, 0.3) is 0 Å². The minimum absolute atomic E-state index is 0.253. The number of hydrogen-bond acceptors (Lipinski definition) is 4. The van der Waals surface area contributed by atoms with Crippen LogP contribution in [0.4, 0.5) is 4.79 Å². The van der Waals surface area contributed by atoms with E-state index in [4.69, 9.17) is 9.22 Å². The van der Waals surface area contributed by atoms with Crippen LogP contribution < -0.4 is 10.6 Å². The van der Waals surface area contributed by atoms with Gasteiger partial charge in [-0.25, -0.2) is 4.79 Å². The van der Waals surface area contributed by atoms with Gasteiger partial charge in [0.2, 0.25) is 5.91 Å². The Morgan fingerprint density at radius 1 is 1.57 bits per heavy atom. The lowest BCUT2D eigenvalue weighted by Crippen LogP contribution is -2.41. The van der Waals surface area contributed by atoms with Gasteiger partial charge in [0, 0.05) is 23.8 Å². The highest BCUT2D eigenvalue weighted by molar-refractivity contribution is 8.13. The number of aliphatic carboxylic acids is 1. The molecule has 1 atom stereocenters. The van der Waals surface area contributed by atoms with Crippen molar-refractivity contribution in [1.82, 2.24) is 10.6 Å². The molecule has 0 saturated carbocycles. The first-order valence-electron chi connectivity index (χ1n) is 5.06. The molecule has 0 heterocycles. The molecule has 0 aliphatic carbocycles. The van der Waals surface area contributed by atoms with Crippen LogP contribution in [0.1, 0.15) is 11.0 Å². The first-order valence-corrected chi connectivity index (χ1v) is 4.55. The van der Waals surface area contributed by atoms with Crippen LogP contribution in [0.5, 0.6) is 0 Å². The number of amides is 2. The number of rotatable bonds is 4. The third kappa shape index (κ3) is 5.41. The van der Waals surface area contributed by atoms with Crippen LogP contribution in [-0.2, 0) is 9.59 Å². The Balaban J connectivity index is 4.18. The first kappa shape index (κ1) is 8.10. The van der Waals surface area contributed by atoms with Crippen molar-refractivity contribution < 1.29 is 23.6 Å². The number of nitrogens with one attached hydrogen (secondary N) is 2. The van der Waals surface area contributed by atoms with Crippen molar-refractivity contribution in [1.29, 1.82) is 0 Å². The molecule has 0 saturated heterocycles. The smallest absolute Gasteiger partial charge is 0.327 e. The van der Waals surface area contributed by atoms with E-state index < -0.39 is 30.1 Å². The van der Waals surface area contributed by atoms with Gasteiger partial charge in [-0.1, -0.05) is 11.8 Å². The predicted molar refractivity (Wildman–Crippen MR) is 52.2 cm³/mol. The average Bonchev–Trinajstić information content (AvgIpc) is 2.08.